The Labute approximate surface area is 128 Å². The van der Waals surface area contributed by atoms with E-state index in [-0.39, 0.29) is 59.1 Å². The van der Waals surface area contributed by atoms with Crippen molar-refractivity contribution in [3.63, 3.8) is 0 Å². The zero-order chi connectivity index (χ0) is 10.8. The molecule has 0 bridgehead atoms. The number of carboxylic acid groups (broad SMARTS) is 1. The summed E-state index contributed by atoms with van der Waals surface area (Å²) in [7, 11) is -4.67. The average Bonchev–Trinajstić information content (AvgIpc) is 1.56. The van der Waals surface area contributed by atoms with Crippen LogP contribution in [0, 0.1) is 6.92 Å². The third kappa shape index (κ3) is 2050. The van der Waals surface area contributed by atoms with Crippen molar-refractivity contribution in [1.82, 2.24) is 0 Å². The molecular formula is C5H10Na2O6S. The first kappa shape index (κ1) is 29.4. The molecule has 0 saturated carbocycles. The Morgan fingerprint density at radius 1 is 1.43 bits per heavy atom. The summed E-state index contributed by atoms with van der Waals surface area (Å²) in [5.74, 6) is -1.08. The van der Waals surface area contributed by atoms with Crippen LogP contribution in [0.4, 0.5) is 0 Å². The van der Waals surface area contributed by atoms with Gasteiger partial charge in [-0.1, -0.05) is 0 Å². The van der Waals surface area contributed by atoms with Crippen LogP contribution in [0.25, 0.3) is 0 Å². The van der Waals surface area contributed by atoms with Crippen LogP contribution in [0.2, 0.25) is 0 Å². The molecule has 0 aromatic rings. The van der Waals surface area contributed by atoms with E-state index in [9.17, 15) is 0 Å². The Bertz CT molecular complexity index is 200. The Morgan fingerprint density at radius 2 is 1.43 bits per heavy atom. The molecular weight excluding hydrogens is 234 g/mol. The van der Waals surface area contributed by atoms with Crippen LogP contribution in [0.5, 0.6) is 0 Å². The molecule has 2 N–H and O–H groups in total. The quantitative estimate of drug-likeness (QED) is 0.248. The van der Waals surface area contributed by atoms with E-state index >= 15 is 0 Å². The van der Waals surface area contributed by atoms with Crippen LogP contribution in [0.15, 0.2) is 12.7 Å². The van der Waals surface area contributed by atoms with E-state index in [1.165, 1.54) is 6.08 Å². The summed E-state index contributed by atoms with van der Waals surface area (Å²) in [4.78, 5) is 8.89. The molecule has 0 spiro atoms. The molecule has 0 aliphatic heterocycles. The van der Waals surface area contributed by atoms with E-state index in [1.54, 1.807) is 0 Å². The molecule has 0 rings (SSSR count). The molecule has 0 aromatic carbocycles. The topological polar surface area (TPSA) is 115 Å². The summed E-state index contributed by atoms with van der Waals surface area (Å²) in [5.41, 5.74) is 0. The van der Waals surface area contributed by atoms with E-state index in [2.05, 4.69) is 13.5 Å². The monoisotopic (exact) mass is 244 g/mol. The summed E-state index contributed by atoms with van der Waals surface area (Å²) >= 11 is 0. The van der Waals surface area contributed by atoms with Gasteiger partial charge in [0.1, 0.15) is 0 Å². The Balaban J connectivity index is -0.0000000278. The molecule has 0 aromatic heterocycles. The fraction of sp³-hybridized carbons (Fsp3) is 0.200. The Hall–Kier alpha value is 0.950. The minimum absolute atomic E-state index is 0. The number of rotatable bonds is 0. The third-order valence-corrected chi connectivity index (χ3v) is 0. The fourth-order valence-corrected chi connectivity index (χ4v) is 0. The third-order valence-electron chi connectivity index (χ3n) is 0. The molecule has 0 saturated heterocycles. The van der Waals surface area contributed by atoms with E-state index < -0.39 is 16.4 Å². The van der Waals surface area contributed by atoms with Gasteiger partial charge in [0, 0.05) is 5.97 Å². The van der Waals surface area contributed by atoms with Gasteiger partial charge < -0.3 is 9.90 Å². The second-order valence-electron chi connectivity index (χ2n) is 1.23. The number of allylic oxidation sites excluding steroid dienone is 1. The van der Waals surface area contributed by atoms with E-state index in [4.69, 9.17) is 27.4 Å². The summed E-state index contributed by atoms with van der Waals surface area (Å²) in [6.45, 7) is 7.47. The van der Waals surface area contributed by atoms with Crippen LogP contribution in [0.1, 0.15) is 6.92 Å². The van der Waals surface area contributed by atoms with E-state index in [0.29, 0.717) is 0 Å². The largest absolute Gasteiger partial charge is 1.00 e. The maximum Gasteiger partial charge on any atom is 1.00 e. The fourth-order valence-electron chi connectivity index (χ4n) is 0. The van der Waals surface area contributed by atoms with Gasteiger partial charge in [0.15, 0.2) is 0 Å². The molecule has 0 amide bonds. The van der Waals surface area contributed by atoms with Gasteiger partial charge in [0.25, 0.3) is 0 Å². The molecule has 0 atom stereocenters. The van der Waals surface area contributed by atoms with Crippen molar-refractivity contribution in [2.24, 2.45) is 0 Å². The average molecular weight is 244 g/mol. The SMILES string of the molecule is C=C[CH2-].CC(=O)[O-].O=S(=O)(O)O.[Na+].[Na+]. The molecule has 0 fully saturated rings. The molecule has 6 nitrogen and oxygen atoms in total. The van der Waals surface area contributed by atoms with Gasteiger partial charge in [-0.25, -0.2) is 19.6 Å². The molecule has 9 heteroatoms. The second-order valence-corrected chi connectivity index (χ2v) is 2.12. The van der Waals surface area contributed by atoms with Gasteiger partial charge in [-0.3, -0.25) is 9.11 Å². The summed E-state index contributed by atoms with van der Waals surface area (Å²) in [6.07, 6.45) is 1.50. The van der Waals surface area contributed by atoms with Crippen molar-refractivity contribution >= 4 is 16.4 Å². The zero-order valence-corrected chi connectivity index (χ0v) is 13.2. The minimum Gasteiger partial charge on any atom is -0.550 e. The number of aliphatic carboxylic acids is 1. The van der Waals surface area contributed by atoms with Gasteiger partial charge in [-0.05, 0) is 6.92 Å². The van der Waals surface area contributed by atoms with Crippen LogP contribution in [-0.4, -0.2) is 23.5 Å². The van der Waals surface area contributed by atoms with Gasteiger partial charge in [0.05, 0.1) is 0 Å². The maximum atomic E-state index is 8.89. The van der Waals surface area contributed by atoms with Crippen LogP contribution in [0.3, 0.4) is 0 Å². The van der Waals surface area contributed by atoms with Gasteiger partial charge in [-0.15, -0.1) is 0 Å². The van der Waals surface area contributed by atoms with E-state index in [0.717, 1.165) is 6.92 Å². The molecule has 0 aliphatic rings. The molecule has 0 heterocycles. The summed E-state index contributed by atoms with van der Waals surface area (Å²) in [6, 6.07) is 0. The summed E-state index contributed by atoms with van der Waals surface area (Å²) < 4.78 is 31.6. The summed E-state index contributed by atoms with van der Waals surface area (Å²) in [5, 5.41) is 8.89. The van der Waals surface area contributed by atoms with Crippen molar-refractivity contribution in [3.8, 4) is 0 Å². The number of carbonyl (C=O) groups excluding carboxylic acids is 1. The smallest absolute Gasteiger partial charge is 0.550 e. The van der Waals surface area contributed by atoms with Crippen molar-refractivity contribution in [3.05, 3.63) is 19.6 Å². The number of hydrogen-bond acceptors (Lipinski definition) is 4. The molecule has 0 radical (unpaired) electrons. The van der Waals surface area contributed by atoms with Crippen LogP contribution < -0.4 is 64.2 Å². The van der Waals surface area contributed by atoms with Crippen LogP contribution in [-0.2, 0) is 15.2 Å². The first-order valence-corrected chi connectivity index (χ1v) is 3.82. The predicted octanol–water partition coefficient (Wildman–Crippen LogP) is -6.88. The zero-order valence-electron chi connectivity index (χ0n) is 8.43. The number of carbonyl (C=O) groups is 1. The number of hydrogen-bond donors (Lipinski definition) is 2. The second kappa shape index (κ2) is 19.5. The van der Waals surface area contributed by atoms with Gasteiger partial charge in [0.2, 0.25) is 0 Å². The van der Waals surface area contributed by atoms with Crippen molar-refractivity contribution in [2.75, 3.05) is 0 Å². The standard InChI is InChI=1S/C3H5.C2H4O2.2Na.H2O4S/c1-3-2;1-2(3)4;;;1-5(2,3)4/h3H,1-2H2;1H3,(H,3,4);;;(H2,1,2,3,4)/q-1;;2*+1;/p-1. The first-order valence-electron chi connectivity index (χ1n) is 2.42. The van der Waals surface area contributed by atoms with Crippen molar-refractivity contribution in [2.45, 2.75) is 6.92 Å². The molecule has 74 valence electrons. The van der Waals surface area contributed by atoms with E-state index in [1.807, 2.05) is 0 Å². The Kier molecular flexibility index (Phi) is 41.0. The van der Waals surface area contributed by atoms with Gasteiger partial charge >= 0.3 is 69.5 Å². The first-order chi connectivity index (χ1) is 5.15. The van der Waals surface area contributed by atoms with Gasteiger partial charge in [-0.2, -0.15) is 8.42 Å². The van der Waals surface area contributed by atoms with Crippen molar-refractivity contribution < 1.29 is 86.5 Å². The molecule has 0 aliphatic carbocycles. The maximum absolute atomic E-state index is 8.89. The molecule has 14 heavy (non-hydrogen) atoms. The molecule has 0 unspecified atom stereocenters. The van der Waals surface area contributed by atoms with Crippen LogP contribution >= 0.6 is 0 Å². The predicted molar refractivity (Wildman–Crippen MR) is 40.4 cm³/mol. The number of carboxylic acids is 1. The normalized spacial score (nSPS) is 6.79. The van der Waals surface area contributed by atoms with Crippen molar-refractivity contribution in [1.29, 1.82) is 0 Å². The Morgan fingerprint density at radius 3 is 1.43 bits per heavy atom. The minimum atomic E-state index is -4.67.